The average molecular weight is 153 g/mol. The summed E-state index contributed by atoms with van der Waals surface area (Å²) < 4.78 is 0. The van der Waals surface area contributed by atoms with Crippen molar-refractivity contribution in [2.45, 2.75) is 19.8 Å². The predicted molar refractivity (Wildman–Crippen MR) is 46.4 cm³/mol. The summed E-state index contributed by atoms with van der Waals surface area (Å²) in [5.41, 5.74) is 4.81. The van der Waals surface area contributed by atoms with Crippen LogP contribution in [0.4, 0.5) is 0 Å². The standard InChI is InChI=1S/C8H15N3/c1-2-10-7-5-3-4-6-8(7)11-9/h5-6,10-11H,2-4,9H2,1H3. The molecule has 11 heavy (non-hydrogen) atoms. The molecule has 0 aromatic heterocycles. The third-order valence-electron chi connectivity index (χ3n) is 1.68. The Hall–Kier alpha value is -0.960. The van der Waals surface area contributed by atoms with Crippen LogP contribution in [0.1, 0.15) is 19.8 Å². The second-order valence-corrected chi connectivity index (χ2v) is 2.49. The Balaban J connectivity index is 2.59. The molecule has 1 aliphatic carbocycles. The third kappa shape index (κ3) is 1.98. The van der Waals surface area contributed by atoms with Crippen LogP contribution in [0.25, 0.3) is 0 Å². The van der Waals surface area contributed by atoms with E-state index in [0.29, 0.717) is 0 Å². The second kappa shape index (κ2) is 4.03. The Kier molecular flexibility index (Phi) is 2.98. The van der Waals surface area contributed by atoms with Crippen molar-refractivity contribution in [1.29, 1.82) is 0 Å². The molecule has 4 N–H and O–H groups in total. The van der Waals surface area contributed by atoms with Crippen LogP contribution >= 0.6 is 0 Å². The number of hydrogen-bond acceptors (Lipinski definition) is 3. The van der Waals surface area contributed by atoms with Gasteiger partial charge in [0.2, 0.25) is 0 Å². The molecule has 3 heteroatoms. The maximum atomic E-state index is 5.32. The highest BCUT2D eigenvalue weighted by Gasteiger charge is 2.04. The molecule has 1 rings (SSSR count). The van der Waals surface area contributed by atoms with E-state index in [1.807, 2.05) is 0 Å². The zero-order valence-electron chi connectivity index (χ0n) is 6.85. The molecule has 3 nitrogen and oxygen atoms in total. The zero-order valence-corrected chi connectivity index (χ0v) is 6.85. The van der Waals surface area contributed by atoms with Crippen molar-refractivity contribution in [3.8, 4) is 0 Å². The SMILES string of the molecule is CCNC1=CCCC=C1NN. The van der Waals surface area contributed by atoms with Crippen LogP contribution in [0.15, 0.2) is 23.5 Å². The van der Waals surface area contributed by atoms with E-state index in [9.17, 15) is 0 Å². The van der Waals surface area contributed by atoms with Gasteiger partial charge in [0.05, 0.1) is 11.4 Å². The first-order valence-corrected chi connectivity index (χ1v) is 3.99. The average Bonchev–Trinajstić information content (AvgIpc) is 2.06. The molecule has 0 saturated carbocycles. The van der Waals surface area contributed by atoms with Crippen LogP contribution in [-0.4, -0.2) is 6.54 Å². The van der Waals surface area contributed by atoms with Crippen LogP contribution in [-0.2, 0) is 0 Å². The first-order chi connectivity index (χ1) is 5.38. The molecule has 0 atom stereocenters. The summed E-state index contributed by atoms with van der Waals surface area (Å²) in [6.07, 6.45) is 6.46. The number of rotatable bonds is 3. The number of hydrogen-bond donors (Lipinski definition) is 3. The summed E-state index contributed by atoms with van der Waals surface area (Å²) >= 11 is 0. The smallest absolute Gasteiger partial charge is 0.0674 e. The number of hydrazine groups is 1. The highest BCUT2D eigenvalue weighted by atomic mass is 15.2. The number of allylic oxidation sites excluding steroid dienone is 2. The molecule has 0 saturated heterocycles. The predicted octanol–water partition coefficient (Wildman–Crippen LogP) is 0.621. The van der Waals surface area contributed by atoms with Gasteiger partial charge in [0.25, 0.3) is 0 Å². The van der Waals surface area contributed by atoms with Gasteiger partial charge in [-0.15, -0.1) is 0 Å². The Labute approximate surface area is 67.3 Å². The quantitative estimate of drug-likeness (QED) is 0.411. The molecule has 0 radical (unpaired) electrons. The monoisotopic (exact) mass is 153 g/mol. The maximum absolute atomic E-state index is 5.32. The summed E-state index contributed by atoms with van der Waals surface area (Å²) in [6, 6.07) is 0. The fourth-order valence-electron chi connectivity index (χ4n) is 1.17. The normalized spacial score (nSPS) is 16.9. The van der Waals surface area contributed by atoms with Gasteiger partial charge < -0.3 is 10.7 Å². The largest absolute Gasteiger partial charge is 0.384 e. The fraction of sp³-hybridized carbons (Fsp3) is 0.500. The Morgan fingerprint density at radius 2 is 2.00 bits per heavy atom. The van der Waals surface area contributed by atoms with Gasteiger partial charge in [0.1, 0.15) is 0 Å². The first-order valence-electron chi connectivity index (χ1n) is 3.99. The topological polar surface area (TPSA) is 50.1 Å². The fourth-order valence-corrected chi connectivity index (χ4v) is 1.17. The first kappa shape index (κ1) is 8.14. The van der Waals surface area contributed by atoms with Crippen molar-refractivity contribution in [1.82, 2.24) is 10.7 Å². The highest BCUT2D eigenvalue weighted by molar-refractivity contribution is 5.30. The van der Waals surface area contributed by atoms with Crippen LogP contribution in [0.3, 0.4) is 0 Å². The molecule has 0 aromatic carbocycles. The van der Waals surface area contributed by atoms with Crippen molar-refractivity contribution >= 4 is 0 Å². The molecule has 62 valence electrons. The number of likely N-dealkylation sites (N-methyl/N-ethyl adjacent to an activating group) is 1. The van der Waals surface area contributed by atoms with Gasteiger partial charge in [0.15, 0.2) is 0 Å². The molecule has 0 spiro atoms. The van der Waals surface area contributed by atoms with Gasteiger partial charge in [-0.2, -0.15) is 0 Å². The van der Waals surface area contributed by atoms with Crippen LogP contribution in [0.2, 0.25) is 0 Å². The van der Waals surface area contributed by atoms with Crippen LogP contribution < -0.4 is 16.6 Å². The van der Waals surface area contributed by atoms with Crippen molar-refractivity contribution in [3.05, 3.63) is 23.5 Å². The molecule has 0 unspecified atom stereocenters. The van der Waals surface area contributed by atoms with E-state index in [4.69, 9.17) is 5.84 Å². The summed E-state index contributed by atoms with van der Waals surface area (Å²) in [5.74, 6) is 5.32. The van der Waals surface area contributed by atoms with E-state index in [-0.39, 0.29) is 0 Å². The van der Waals surface area contributed by atoms with Crippen molar-refractivity contribution in [2.24, 2.45) is 5.84 Å². The lowest BCUT2D eigenvalue weighted by atomic mass is 10.1. The second-order valence-electron chi connectivity index (χ2n) is 2.49. The molecule has 0 aromatic rings. The molecular formula is C8H15N3. The summed E-state index contributed by atoms with van der Waals surface area (Å²) in [6.45, 7) is 3.01. The van der Waals surface area contributed by atoms with Gasteiger partial charge in [-0.05, 0) is 19.8 Å². The molecule has 0 heterocycles. The minimum absolute atomic E-state index is 0.935. The van der Waals surface area contributed by atoms with Gasteiger partial charge in [-0.1, -0.05) is 12.2 Å². The van der Waals surface area contributed by atoms with E-state index >= 15 is 0 Å². The Morgan fingerprint density at radius 1 is 1.36 bits per heavy atom. The van der Waals surface area contributed by atoms with E-state index in [1.54, 1.807) is 0 Å². The van der Waals surface area contributed by atoms with Crippen LogP contribution in [0, 0.1) is 0 Å². The van der Waals surface area contributed by atoms with Gasteiger partial charge in [-0.3, -0.25) is 5.84 Å². The van der Waals surface area contributed by atoms with E-state index < -0.39 is 0 Å². The minimum Gasteiger partial charge on any atom is -0.384 e. The molecule has 0 fully saturated rings. The van der Waals surface area contributed by atoms with Crippen LogP contribution in [0.5, 0.6) is 0 Å². The van der Waals surface area contributed by atoms with Crippen molar-refractivity contribution < 1.29 is 0 Å². The lowest BCUT2D eigenvalue weighted by Gasteiger charge is -2.16. The Morgan fingerprint density at radius 3 is 2.55 bits per heavy atom. The zero-order chi connectivity index (χ0) is 8.10. The van der Waals surface area contributed by atoms with Crippen molar-refractivity contribution in [3.63, 3.8) is 0 Å². The molecule has 0 aliphatic heterocycles. The van der Waals surface area contributed by atoms with E-state index in [0.717, 1.165) is 30.8 Å². The van der Waals surface area contributed by atoms with Gasteiger partial charge in [-0.25, -0.2) is 0 Å². The third-order valence-corrected chi connectivity index (χ3v) is 1.68. The molecule has 0 bridgehead atoms. The van der Waals surface area contributed by atoms with E-state index in [1.165, 1.54) is 0 Å². The lowest BCUT2D eigenvalue weighted by molar-refractivity contribution is 0.766. The maximum Gasteiger partial charge on any atom is 0.0674 e. The van der Waals surface area contributed by atoms with E-state index in [2.05, 4.69) is 29.8 Å². The minimum atomic E-state index is 0.935. The number of nitrogens with two attached hydrogens (primary N) is 1. The van der Waals surface area contributed by atoms with Crippen molar-refractivity contribution in [2.75, 3.05) is 6.54 Å². The highest BCUT2D eigenvalue weighted by Crippen LogP contribution is 2.12. The summed E-state index contributed by atoms with van der Waals surface area (Å²) in [7, 11) is 0. The molecule has 0 amide bonds. The Bertz CT molecular complexity index is 182. The molecule has 1 aliphatic rings. The number of nitrogens with one attached hydrogen (secondary N) is 2. The molecular weight excluding hydrogens is 138 g/mol. The van der Waals surface area contributed by atoms with Gasteiger partial charge in [0, 0.05) is 6.54 Å². The summed E-state index contributed by atoms with van der Waals surface area (Å²) in [4.78, 5) is 0. The van der Waals surface area contributed by atoms with Gasteiger partial charge >= 0.3 is 0 Å². The lowest BCUT2D eigenvalue weighted by Crippen LogP contribution is -2.28. The summed E-state index contributed by atoms with van der Waals surface area (Å²) in [5, 5.41) is 3.24.